The quantitative estimate of drug-likeness (QED) is 0.430. The lowest BCUT2D eigenvalue weighted by Gasteiger charge is -2.08. The van der Waals surface area contributed by atoms with E-state index in [0.29, 0.717) is 10.6 Å². The molecule has 2 aromatic carbocycles. The van der Waals surface area contributed by atoms with Gasteiger partial charge in [0.05, 0.1) is 9.82 Å². The third-order valence-electron chi connectivity index (χ3n) is 3.15. The van der Waals surface area contributed by atoms with Crippen LogP contribution in [-0.4, -0.2) is 32.3 Å². The summed E-state index contributed by atoms with van der Waals surface area (Å²) in [5, 5.41) is 13.5. The van der Waals surface area contributed by atoms with Gasteiger partial charge in [-0.25, -0.2) is 13.1 Å². The molecule has 25 heavy (non-hydrogen) atoms. The molecule has 0 aliphatic carbocycles. The van der Waals surface area contributed by atoms with Gasteiger partial charge in [-0.3, -0.25) is 14.9 Å². The molecule has 0 aliphatic heterocycles. The number of nitro benzene ring substituents is 1. The van der Waals surface area contributed by atoms with E-state index in [0.717, 1.165) is 24.3 Å². The number of carbonyl (C=O) groups is 1. The summed E-state index contributed by atoms with van der Waals surface area (Å²) in [7, 11) is -3.82. The molecule has 0 saturated carbocycles. The molecule has 1 amide bonds. The molecule has 0 aliphatic rings. The molecule has 0 aromatic heterocycles. The van der Waals surface area contributed by atoms with Gasteiger partial charge in [-0.15, -0.1) is 0 Å². The van der Waals surface area contributed by atoms with Gasteiger partial charge < -0.3 is 5.32 Å². The number of nitrogens with one attached hydrogen (secondary N) is 2. The molecule has 0 fully saturated rings. The van der Waals surface area contributed by atoms with Gasteiger partial charge in [-0.1, -0.05) is 17.7 Å². The van der Waals surface area contributed by atoms with Crippen LogP contribution in [0.4, 0.5) is 5.69 Å². The number of carbonyl (C=O) groups excluding carboxylic acids is 1. The van der Waals surface area contributed by atoms with E-state index in [4.69, 9.17) is 11.6 Å². The number of sulfonamides is 1. The maximum atomic E-state index is 12.1. The maximum Gasteiger partial charge on any atom is 0.269 e. The number of nitro groups is 1. The monoisotopic (exact) mass is 383 g/mol. The van der Waals surface area contributed by atoms with Crippen LogP contribution in [0, 0.1) is 10.1 Å². The van der Waals surface area contributed by atoms with E-state index >= 15 is 0 Å². The van der Waals surface area contributed by atoms with Gasteiger partial charge in [-0.05, 0) is 30.3 Å². The summed E-state index contributed by atoms with van der Waals surface area (Å²) in [5.41, 5.74) is 0.165. The number of non-ortho nitro benzene ring substituents is 1. The molecule has 0 saturated heterocycles. The molecule has 0 atom stereocenters. The predicted octanol–water partition coefficient (Wildman–Crippen LogP) is 1.96. The summed E-state index contributed by atoms with van der Waals surface area (Å²) in [6, 6.07) is 10.9. The molecule has 2 aromatic rings. The molecule has 0 unspecified atom stereocenters. The highest BCUT2D eigenvalue weighted by Crippen LogP contribution is 2.15. The van der Waals surface area contributed by atoms with Crippen molar-refractivity contribution in [3.8, 4) is 0 Å². The number of nitrogens with zero attached hydrogens (tertiary/aromatic N) is 1. The zero-order chi connectivity index (χ0) is 18.4. The maximum absolute atomic E-state index is 12.1. The first-order valence-corrected chi connectivity index (χ1v) is 8.93. The van der Waals surface area contributed by atoms with Crippen LogP contribution in [-0.2, 0) is 10.0 Å². The Morgan fingerprint density at radius 1 is 1.12 bits per heavy atom. The van der Waals surface area contributed by atoms with Crippen molar-refractivity contribution in [3.05, 3.63) is 69.2 Å². The third kappa shape index (κ3) is 5.24. The van der Waals surface area contributed by atoms with Crippen LogP contribution in [0.25, 0.3) is 0 Å². The Balaban J connectivity index is 1.88. The zero-order valence-corrected chi connectivity index (χ0v) is 14.4. The summed E-state index contributed by atoms with van der Waals surface area (Å²) in [4.78, 5) is 21.7. The smallest absolute Gasteiger partial charge is 0.269 e. The summed E-state index contributed by atoms with van der Waals surface area (Å²) in [6.07, 6.45) is 0. The Bertz CT molecular complexity index is 884. The van der Waals surface area contributed by atoms with Crippen molar-refractivity contribution in [1.82, 2.24) is 10.0 Å². The van der Waals surface area contributed by atoms with Gasteiger partial charge in [0, 0.05) is 35.8 Å². The van der Waals surface area contributed by atoms with Gasteiger partial charge in [0.15, 0.2) is 0 Å². The molecule has 10 heteroatoms. The Morgan fingerprint density at radius 3 is 2.40 bits per heavy atom. The summed E-state index contributed by atoms with van der Waals surface area (Å²) in [6.45, 7) is 0.0309. The van der Waals surface area contributed by atoms with E-state index in [9.17, 15) is 23.3 Å². The normalized spacial score (nSPS) is 11.1. The molecule has 0 radical (unpaired) electrons. The van der Waals surface area contributed by atoms with Gasteiger partial charge in [-0.2, -0.15) is 0 Å². The minimum Gasteiger partial charge on any atom is -0.351 e. The van der Waals surface area contributed by atoms with Gasteiger partial charge >= 0.3 is 0 Å². The first kappa shape index (κ1) is 18.8. The molecule has 2 N–H and O–H groups in total. The summed E-state index contributed by atoms with van der Waals surface area (Å²) < 4.78 is 26.4. The molecular weight excluding hydrogens is 370 g/mol. The van der Waals surface area contributed by atoms with E-state index in [1.165, 1.54) is 6.07 Å². The minimum absolute atomic E-state index is 0.0361. The Hall–Kier alpha value is -2.49. The lowest BCUT2D eigenvalue weighted by molar-refractivity contribution is -0.384. The van der Waals surface area contributed by atoms with E-state index in [1.807, 2.05) is 0 Å². The fourth-order valence-corrected chi connectivity index (χ4v) is 3.15. The zero-order valence-electron chi connectivity index (χ0n) is 12.8. The highest BCUT2D eigenvalue weighted by molar-refractivity contribution is 7.89. The van der Waals surface area contributed by atoms with Crippen molar-refractivity contribution < 1.29 is 18.1 Å². The minimum atomic E-state index is -3.82. The van der Waals surface area contributed by atoms with E-state index in [-0.39, 0.29) is 29.6 Å². The first-order valence-electron chi connectivity index (χ1n) is 7.07. The fourth-order valence-electron chi connectivity index (χ4n) is 1.92. The second-order valence-corrected chi connectivity index (χ2v) is 7.12. The molecule has 0 heterocycles. The van der Waals surface area contributed by atoms with Crippen molar-refractivity contribution in [2.75, 3.05) is 13.1 Å². The second-order valence-electron chi connectivity index (χ2n) is 4.92. The van der Waals surface area contributed by atoms with Gasteiger partial charge in [0.1, 0.15) is 0 Å². The fraction of sp³-hybridized carbons (Fsp3) is 0.133. The van der Waals surface area contributed by atoms with Crippen LogP contribution in [0.2, 0.25) is 5.02 Å². The largest absolute Gasteiger partial charge is 0.351 e. The Labute approximate surface area is 149 Å². The first-order chi connectivity index (χ1) is 11.8. The van der Waals surface area contributed by atoms with E-state index < -0.39 is 14.9 Å². The molecule has 0 spiro atoms. The van der Waals surface area contributed by atoms with Crippen LogP contribution < -0.4 is 10.0 Å². The third-order valence-corrected chi connectivity index (χ3v) is 4.86. The highest BCUT2D eigenvalue weighted by atomic mass is 35.5. The number of rotatable bonds is 7. The summed E-state index contributed by atoms with van der Waals surface area (Å²) >= 11 is 5.79. The van der Waals surface area contributed by atoms with Crippen molar-refractivity contribution >= 4 is 33.2 Å². The lowest BCUT2D eigenvalue weighted by Crippen LogP contribution is -2.34. The Morgan fingerprint density at radius 2 is 1.80 bits per heavy atom. The molecule has 8 nitrogen and oxygen atoms in total. The van der Waals surface area contributed by atoms with Crippen LogP contribution >= 0.6 is 11.6 Å². The number of benzene rings is 2. The van der Waals surface area contributed by atoms with Crippen molar-refractivity contribution in [2.45, 2.75) is 4.90 Å². The average molecular weight is 384 g/mol. The van der Waals surface area contributed by atoms with Crippen LogP contribution in [0.1, 0.15) is 10.4 Å². The van der Waals surface area contributed by atoms with Crippen LogP contribution in [0.5, 0.6) is 0 Å². The topological polar surface area (TPSA) is 118 Å². The molecule has 132 valence electrons. The SMILES string of the molecule is O=C(NCCNS(=O)(=O)c1ccc([N+](=O)[O-])cc1)c1cccc(Cl)c1. The number of halogens is 1. The standard InChI is InChI=1S/C15H14ClN3O5S/c16-12-3-1-2-11(10-12)15(20)17-8-9-18-25(23,24)14-6-4-13(5-7-14)19(21)22/h1-7,10,18H,8-9H2,(H,17,20). The Kier molecular flexibility index (Phi) is 6.07. The van der Waals surface area contributed by atoms with E-state index in [2.05, 4.69) is 10.0 Å². The van der Waals surface area contributed by atoms with Crippen molar-refractivity contribution in [1.29, 1.82) is 0 Å². The average Bonchev–Trinajstić information content (AvgIpc) is 2.58. The van der Waals surface area contributed by atoms with Gasteiger partial charge in [0.25, 0.3) is 11.6 Å². The molecule has 0 bridgehead atoms. The highest BCUT2D eigenvalue weighted by Gasteiger charge is 2.15. The van der Waals surface area contributed by atoms with Crippen molar-refractivity contribution in [3.63, 3.8) is 0 Å². The van der Waals surface area contributed by atoms with Crippen LogP contribution in [0.15, 0.2) is 53.4 Å². The number of hydrogen-bond donors (Lipinski definition) is 2. The van der Waals surface area contributed by atoms with Crippen LogP contribution in [0.3, 0.4) is 0 Å². The lowest BCUT2D eigenvalue weighted by atomic mass is 10.2. The van der Waals surface area contributed by atoms with Gasteiger partial charge in [0.2, 0.25) is 10.0 Å². The predicted molar refractivity (Wildman–Crippen MR) is 92.1 cm³/mol. The summed E-state index contributed by atoms with van der Waals surface area (Å²) in [5.74, 6) is -0.378. The number of amides is 1. The number of hydrogen-bond acceptors (Lipinski definition) is 5. The van der Waals surface area contributed by atoms with E-state index in [1.54, 1.807) is 18.2 Å². The van der Waals surface area contributed by atoms with Crippen molar-refractivity contribution in [2.24, 2.45) is 0 Å². The second kappa shape index (κ2) is 8.06. The molecular formula is C15H14ClN3O5S. The molecule has 2 rings (SSSR count).